The summed E-state index contributed by atoms with van der Waals surface area (Å²) in [6.45, 7) is 11.4. The van der Waals surface area contributed by atoms with E-state index in [1.807, 2.05) is 36.2 Å². The minimum absolute atomic E-state index is 0.159. The summed E-state index contributed by atoms with van der Waals surface area (Å²) in [6, 6.07) is 8.96. The molecule has 1 aromatic carbocycles. The molecule has 0 saturated carbocycles. The zero-order valence-corrected chi connectivity index (χ0v) is 18.4. The van der Waals surface area contributed by atoms with Crippen LogP contribution in [0.25, 0.3) is 0 Å². The van der Waals surface area contributed by atoms with Gasteiger partial charge in [-0.15, -0.1) is 0 Å². The zero-order chi connectivity index (χ0) is 20.8. The fourth-order valence-corrected chi connectivity index (χ4v) is 4.21. The van der Waals surface area contributed by atoms with Gasteiger partial charge in [-0.1, -0.05) is 19.1 Å². The molecular formula is C23H37N5O. The number of guanidine groups is 1. The second kappa shape index (κ2) is 10.1. The maximum atomic E-state index is 12.6. The number of piperidine rings is 1. The lowest BCUT2D eigenvalue weighted by Gasteiger charge is -2.26. The summed E-state index contributed by atoms with van der Waals surface area (Å²) >= 11 is 0. The Morgan fingerprint density at radius 2 is 1.83 bits per heavy atom. The predicted molar refractivity (Wildman–Crippen MR) is 119 cm³/mol. The average molecular weight is 400 g/mol. The van der Waals surface area contributed by atoms with Gasteiger partial charge in [-0.25, -0.2) is 0 Å². The normalized spacial score (nSPS) is 23.5. The Morgan fingerprint density at radius 1 is 1.14 bits per heavy atom. The Kier molecular flexibility index (Phi) is 7.53. The fraction of sp³-hybridized carbons (Fsp3) is 0.652. The van der Waals surface area contributed by atoms with Gasteiger partial charge in [0.2, 0.25) is 0 Å². The van der Waals surface area contributed by atoms with Crippen LogP contribution in [0.1, 0.15) is 56.0 Å². The van der Waals surface area contributed by atoms with Crippen molar-refractivity contribution in [2.24, 2.45) is 10.9 Å². The molecule has 2 N–H and O–H groups in total. The largest absolute Gasteiger partial charge is 0.352 e. The lowest BCUT2D eigenvalue weighted by atomic mass is 10.1. The number of amides is 1. The third-order valence-electron chi connectivity index (χ3n) is 6.22. The summed E-state index contributed by atoms with van der Waals surface area (Å²) in [4.78, 5) is 21.5. The topological polar surface area (TPSA) is 60.0 Å². The lowest BCUT2D eigenvalue weighted by molar-refractivity contribution is 0.0724. The van der Waals surface area contributed by atoms with Crippen molar-refractivity contribution in [2.75, 3.05) is 33.2 Å². The summed E-state index contributed by atoms with van der Waals surface area (Å²) in [5.41, 5.74) is 1.93. The fourth-order valence-electron chi connectivity index (χ4n) is 4.21. The number of hydrogen-bond donors (Lipinski definition) is 2. The van der Waals surface area contributed by atoms with Gasteiger partial charge in [0.25, 0.3) is 5.91 Å². The molecule has 2 aliphatic heterocycles. The van der Waals surface area contributed by atoms with Crippen LogP contribution in [0, 0.1) is 5.92 Å². The SMILES string of the molecule is CN=C(NCc1ccc(C(=O)N2CCCCC2)cc1)NC1CN(C(C)C)CC1C. The number of rotatable bonds is 5. The van der Waals surface area contributed by atoms with Gasteiger partial charge in [0.15, 0.2) is 5.96 Å². The minimum atomic E-state index is 0.159. The molecule has 0 aliphatic carbocycles. The van der Waals surface area contributed by atoms with Gasteiger partial charge < -0.3 is 15.5 Å². The zero-order valence-electron chi connectivity index (χ0n) is 18.4. The van der Waals surface area contributed by atoms with E-state index in [0.717, 1.165) is 56.1 Å². The van der Waals surface area contributed by atoms with E-state index in [1.165, 1.54) is 6.42 Å². The van der Waals surface area contributed by atoms with Crippen molar-refractivity contribution in [1.29, 1.82) is 0 Å². The molecule has 29 heavy (non-hydrogen) atoms. The molecule has 2 heterocycles. The number of likely N-dealkylation sites (tertiary alicyclic amines) is 2. The summed E-state index contributed by atoms with van der Waals surface area (Å²) in [7, 11) is 1.82. The van der Waals surface area contributed by atoms with Crippen LogP contribution in [0.4, 0.5) is 0 Å². The van der Waals surface area contributed by atoms with Gasteiger partial charge >= 0.3 is 0 Å². The first-order chi connectivity index (χ1) is 14.0. The standard InChI is InChI=1S/C23H37N5O/c1-17(2)28-15-18(3)21(16-28)26-23(24-4)25-14-19-8-10-20(11-9-19)22(29)27-12-6-5-7-13-27/h8-11,17-18,21H,5-7,12-16H2,1-4H3,(H2,24,25,26). The molecule has 6 nitrogen and oxygen atoms in total. The van der Waals surface area contributed by atoms with Gasteiger partial charge in [0.1, 0.15) is 0 Å². The van der Waals surface area contributed by atoms with Crippen LogP contribution >= 0.6 is 0 Å². The van der Waals surface area contributed by atoms with Gasteiger partial charge in [0, 0.05) is 57.4 Å². The molecule has 2 fully saturated rings. The van der Waals surface area contributed by atoms with Gasteiger partial charge in [-0.2, -0.15) is 0 Å². The molecular weight excluding hydrogens is 362 g/mol. The van der Waals surface area contributed by atoms with Crippen molar-refractivity contribution in [2.45, 2.75) is 58.7 Å². The van der Waals surface area contributed by atoms with Crippen LogP contribution in [0.2, 0.25) is 0 Å². The van der Waals surface area contributed by atoms with Crippen molar-refractivity contribution in [3.63, 3.8) is 0 Å². The molecule has 2 unspecified atom stereocenters. The molecule has 1 amide bonds. The molecule has 1 aromatic rings. The third-order valence-corrected chi connectivity index (χ3v) is 6.22. The molecule has 2 atom stereocenters. The van der Waals surface area contributed by atoms with E-state index in [1.54, 1.807) is 0 Å². The Bertz CT molecular complexity index is 694. The number of aliphatic imine (C=N–C) groups is 1. The summed E-state index contributed by atoms with van der Waals surface area (Å²) in [5.74, 6) is 1.59. The highest BCUT2D eigenvalue weighted by molar-refractivity contribution is 5.94. The molecule has 6 heteroatoms. The van der Waals surface area contributed by atoms with E-state index in [4.69, 9.17) is 0 Å². The number of carbonyl (C=O) groups excluding carboxylic acids is 1. The Morgan fingerprint density at radius 3 is 2.41 bits per heavy atom. The van der Waals surface area contributed by atoms with E-state index >= 15 is 0 Å². The second-order valence-electron chi connectivity index (χ2n) is 8.75. The third kappa shape index (κ3) is 5.72. The van der Waals surface area contributed by atoms with E-state index in [9.17, 15) is 4.79 Å². The molecule has 2 aliphatic rings. The Labute approximate surface area is 175 Å². The first kappa shape index (κ1) is 21.6. The number of carbonyl (C=O) groups is 1. The number of hydrogen-bond acceptors (Lipinski definition) is 3. The summed E-state index contributed by atoms with van der Waals surface area (Å²) in [6.07, 6.45) is 3.47. The van der Waals surface area contributed by atoms with Crippen molar-refractivity contribution in [3.05, 3.63) is 35.4 Å². The van der Waals surface area contributed by atoms with Crippen molar-refractivity contribution >= 4 is 11.9 Å². The molecule has 0 spiro atoms. The lowest BCUT2D eigenvalue weighted by Crippen LogP contribution is -2.46. The molecule has 2 saturated heterocycles. The van der Waals surface area contributed by atoms with Gasteiger partial charge in [0.05, 0.1) is 0 Å². The van der Waals surface area contributed by atoms with Crippen LogP contribution in [0.15, 0.2) is 29.3 Å². The highest BCUT2D eigenvalue weighted by Gasteiger charge is 2.31. The molecule has 0 radical (unpaired) electrons. The smallest absolute Gasteiger partial charge is 0.253 e. The average Bonchev–Trinajstić information content (AvgIpc) is 3.12. The van der Waals surface area contributed by atoms with Crippen LogP contribution in [0.5, 0.6) is 0 Å². The van der Waals surface area contributed by atoms with Crippen molar-refractivity contribution < 1.29 is 4.79 Å². The molecule has 0 aromatic heterocycles. The van der Waals surface area contributed by atoms with Crippen molar-refractivity contribution in [3.8, 4) is 0 Å². The quantitative estimate of drug-likeness (QED) is 0.590. The molecule has 3 rings (SSSR count). The highest BCUT2D eigenvalue weighted by atomic mass is 16.2. The highest BCUT2D eigenvalue weighted by Crippen LogP contribution is 2.18. The van der Waals surface area contributed by atoms with Gasteiger partial charge in [-0.3, -0.25) is 14.7 Å². The number of benzene rings is 1. The first-order valence-electron chi connectivity index (χ1n) is 11.1. The van der Waals surface area contributed by atoms with E-state index in [0.29, 0.717) is 24.5 Å². The maximum Gasteiger partial charge on any atom is 0.253 e. The number of nitrogens with zero attached hydrogens (tertiary/aromatic N) is 3. The monoisotopic (exact) mass is 399 g/mol. The van der Waals surface area contributed by atoms with Gasteiger partial charge in [-0.05, 0) is 56.7 Å². The van der Waals surface area contributed by atoms with Crippen LogP contribution in [0.3, 0.4) is 0 Å². The minimum Gasteiger partial charge on any atom is -0.352 e. The summed E-state index contributed by atoms with van der Waals surface area (Å²) in [5, 5.41) is 6.99. The van der Waals surface area contributed by atoms with Crippen molar-refractivity contribution in [1.82, 2.24) is 20.4 Å². The molecule has 0 bridgehead atoms. The first-order valence-corrected chi connectivity index (χ1v) is 11.1. The molecule has 160 valence electrons. The van der Waals surface area contributed by atoms with E-state index in [2.05, 4.69) is 41.3 Å². The van der Waals surface area contributed by atoms with E-state index in [-0.39, 0.29) is 5.91 Å². The van der Waals surface area contributed by atoms with Crippen LogP contribution in [-0.2, 0) is 6.54 Å². The maximum absolute atomic E-state index is 12.6. The second-order valence-corrected chi connectivity index (χ2v) is 8.75. The van der Waals surface area contributed by atoms with Crippen LogP contribution in [-0.4, -0.2) is 67.0 Å². The Balaban J connectivity index is 1.50. The van der Waals surface area contributed by atoms with E-state index < -0.39 is 0 Å². The van der Waals surface area contributed by atoms with Crippen LogP contribution < -0.4 is 10.6 Å². The Hall–Kier alpha value is -2.08. The number of nitrogens with one attached hydrogen (secondary N) is 2. The predicted octanol–water partition coefficient (Wildman–Crippen LogP) is 2.71. The summed E-state index contributed by atoms with van der Waals surface area (Å²) < 4.78 is 0.